The lowest BCUT2D eigenvalue weighted by Crippen LogP contribution is -2.21. The van der Waals surface area contributed by atoms with Crippen molar-refractivity contribution in [3.63, 3.8) is 0 Å². The minimum atomic E-state index is 0.148. The highest BCUT2D eigenvalue weighted by Crippen LogP contribution is 2.27. The molecule has 0 aliphatic carbocycles. The maximum absolute atomic E-state index is 5.48. The van der Waals surface area contributed by atoms with Gasteiger partial charge >= 0.3 is 0 Å². The minimum Gasteiger partial charge on any atom is -0.356 e. The highest BCUT2D eigenvalue weighted by Gasteiger charge is 2.18. The van der Waals surface area contributed by atoms with Gasteiger partial charge in [-0.25, -0.2) is 4.98 Å². The maximum atomic E-state index is 5.48. The number of terminal acetylenes is 1. The van der Waals surface area contributed by atoms with Crippen molar-refractivity contribution < 1.29 is 0 Å². The highest BCUT2D eigenvalue weighted by molar-refractivity contribution is 5.51. The van der Waals surface area contributed by atoms with Gasteiger partial charge in [0.05, 0.1) is 0 Å². The molecule has 1 unspecified atom stereocenters. The van der Waals surface area contributed by atoms with Gasteiger partial charge in [-0.05, 0) is 25.8 Å². The Labute approximate surface area is 91.3 Å². The Kier molecular flexibility index (Phi) is 2.91. The minimum absolute atomic E-state index is 0.148. The first-order chi connectivity index (χ1) is 7.33. The SMILES string of the molecule is C#CC(C)c1cccnc1N1CCCC1. The second kappa shape index (κ2) is 4.35. The van der Waals surface area contributed by atoms with E-state index in [1.807, 2.05) is 12.3 Å². The number of rotatable bonds is 2. The van der Waals surface area contributed by atoms with Gasteiger partial charge in [0, 0.05) is 30.8 Å². The summed E-state index contributed by atoms with van der Waals surface area (Å²) >= 11 is 0. The van der Waals surface area contributed by atoms with Crippen molar-refractivity contribution in [2.45, 2.75) is 25.7 Å². The number of anilines is 1. The molecule has 1 saturated heterocycles. The first kappa shape index (κ1) is 10.0. The lowest BCUT2D eigenvalue weighted by molar-refractivity contribution is 0.892. The predicted octanol–water partition coefficient (Wildman–Crippen LogP) is 2.42. The molecule has 15 heavy (non-hydrogen) atoms. The van der Waals surface area contributed by atoms with Crippen LogP contribution in [0.1, 0.15) is 31.2 Å². The molecule has 2 heterocycles. The number of pyridine rings is 1. The molecule has 0 spiro atoms. The van der Waals surface area contributed by atoms with Crippen LogP contribution in [0.25, 0.3) is 0 Å². The molecule has 1 fully saturated rings. The molecule has 1 aromatic rings. The van der Waals surface area contributed by atoms with E-state index in [0.29, 0.717) is 0 Å². The first-order valence-corrected chi connectivity index (χ1v) is 5.49. The standard InChI is InChI=1S/C13H16N2/c1-3-11(2)12-7-6-8-14-13(12)15-9-4-5-10-15/h1,6-8,11H,4-5,9-10H2,2H3. The van der Waals surface area contributed by atoms with Crippen LogP contribution in [0.5, 0.6) is 0 Å². The summed E-state index contributed by atoms with van der Waals surface area (Å²) in [6, 6.07) is 4.05. The second-order valence-corrected chi connectivity index (χ2v) is 4.00. The van der Waals surface area contributed by atoms with Gasteiger partial charge in [0.1, 0.15) is 5.82 Å². The van der Waals surface area contributed by atoms with E-state index in [-0.39, 0.29) is 5.92 Å². The van der Waals surface area contributed by atoms with E-state index in [0.717, 1.165) is 18.9 Å². The van der Waals surface area contributed by atoms with Crippen molar-refractivity contribution in [3.8, 4) is 12.3 Å². The lowest BCUT2D eigenvalue weighted by atomic mass is 10.0. The van der Waals surface area contributed by atoms with Crippen molar-refractivity contribution in [2.75, 3.05) is 18.0 Å². The fourth-order valence-corrected chi connectivity index (χ4v) is 2.03. The van der Waals surface area contributed by atoms with Gasteiger partial charge in [0.15, 0.2) is 0 Å². The van der Waals surface area contributed by atoms with E-state index in [4.69, 9.17) is 6.42 Å². The zero-order chi connectivity index (χ0) is 10.7. The zero-order valence-electron chi connectivity index (χ0n) is 9.11. The van der Waals surface area contributed by atoms with Crippen LogP contribution in [0.4, 0.5) is 5.82 Å². The third-order valence-electron chi connectivity index (χ3n) is 2.94. The zero-order valence-corrected chi connectivity index (χ0v) is 9.11. The number of hydrogen-bond donors (Lipinski definition) is 0. The lowest BCUT2D eigenvalue weighted by Gasteiger charge is -2.20. The first-order valence-electron chi connectivity index (χ1n) is 5.49. The smallest absolute Gasteiger partial charge is 0.132 e. The Morgan fingerprint density at radius 2 is 2.20 bits per heavy atom. The van der Waals surface area contributed by atoms with Crippen LogP contribution >= 0.6 is 0 Å². The summed E-state index contributed by atoms with van der Waals surface area (Å²) in [5.41, 5.74) is 1.18. The Morgan fingerprint density at radius 3 is 2.87 bits per heavy atom. The molecule has 1 atom stereocenters. The van der Waals surface area contributed by atoms with Gasteiger partial charge in [-0.3, -0.25) is 0 Å². The summed E-state index contributed by atoms with van der Waals surface area (Å²) in [5.74, 6) is 4.01. The van der Waals surface area contributed by atoms with Crippen LogP contribution in [0.3, 0.4) is 0 Å². The van der Waals surface area contributed by atoms with Crippen molar-refractivity contribution in [3.05, 3.63) is 23.9 Å². The topological polar surface area (TPSA) is 16.1 Å². The van der Waals surface area contributed by atoms with Gasteiger partial charge in [-0.15, -0.1) is 6.42 Å². The van der Waals surface area contributed by atoms with Crippen LogP contribution in [0, 0.1) is 12.3 Å². The van der Waals surface area contributed by atoms with Crippen molar-refractivity contribution in [1.82, 2.24) is 4.98 Å². The van der Waals surface area contributed by atoms with E-state index in [1.54, 1.807) is 0 Å². The van der Waals surface area contributed by atoms with Crippen molar-refractivity contribution >= 4 is 5.82 Å². The molecule has 2 heteroatoms. The molecule has 1 aromatic heterocycles. The van der Waals surface area contributed by atoms with Gasteiger partial charge in [0.2, 0.25) is 0 Å². The van der Waals surface area contributed by atoms with E-state index in [2.05, 4.69) is 28.8 Å². The van der Waals surface area contributed by atoms with Gasteiger partial charge in [-0.2, -0.15) is 0 Å². The summed E-state index contributed by atoms with van der Waals surface area (Å²) in [6.45, 7) is 4.28. The van der Waals surface area contributed by atoms with Crippen LogP contribution in [-0.4, -0.2) is 18.1 Å². The fourth-order valence-electron chi connectivity index (χ4n) is 2.03. The van der Waals surface area contributed by atoms with Crippen LogP contribution < -0.4 is 4.90 Å². The number of nitrogens with zero attached hydrogens (tertiary/aromatic N) is 2. The monoisotopic (exact) mass is 200 g/mol. The molecule has 0 amide bonds. The largest absolute Gasteiger partial charge is 0.356 e. The fraction of sp³-hybridized carbons (Fsp3) is 0.462. The molecule has 0 radical (unpaired) electrons. The van der Waals surface area contributed by atoms with Gasteiger partial charge in [0.25, 0.3) is 0 Å². The number of aromatic nitrogens is 1. The molecule has 0 N–H and O–H groups in total. The molecular weight excluding hydrogens is 184 g/mol. The second-order valence-electron chi connectivity index (χ2n) is 4.00. The summed E-state index contributed by atoms with van der Waals surface area (Å²) in [6.07, 6.45) is 9.85. The number of hydrogen-bond acceptors (Lipinski definition) is 2. The molecule has 0 aromatic carbocycles. The molecule has 0 bridgehead atoms. The summed E-state index contributed by atoms with van der Waals surface area (Å²) in [4.78, 5) is 6.80. The van der Waals surface area contributed by atoms with E-state index < -0.39 is 0 Å². The van der Waals surface area contributed by atoms with Gasteiger partial charge in [-0.1, -0.05) is 12.0 Å². The van der Waals surface area contributed by atoms with E-state index >= 15 is 0 Å². The third-order valence-corrected chi connectivity index (χ3v) is 2.94. The summed E-state index contributed by atoms with van der Waals surface area (Å²) in [7, 11) is 0. The molecule has 1 aliphatic rings. The average Bonchev–Trinajstić information content (AvgIpc) is 2.81. The normalized spacial score (nSPS) is 17.5. The van der Waals surface area contributed by atoms with E-state index in [1.165, 1.54) is 18.4 Å². The Hall–Kier alpha value is -1.49. The highest BCUT2D eigenvalue weighted by atomic mass is 15.2. The maximum Gasteiger partial charge on any atom is 0.132 e. The average molecular weight is 200 g/mol. The Balaban J connectivity index is 2.33. The van der Waals surface area contributed by atoms with Gasteiger partial charge < -0.3 is 4.90 Å². The molecule has 78 valence electrons. The summed E-state index contributed by atoms with van der Waals surface area (Å²) in [5, 5.41) is 0. The molecule has 1 aliphatic heterocycles. The Morgan fingerprint density at radius 1 is 1.47 bits per heavy atom. The third kappa shape index (κ3) is 1.97. The molecule has 2 rings (SSSR count). The molecular formula is C13H16N2. The predicted molar refractivity (Wildman–Crippen MR) is 62.9 cm³/mol. The quantitative estimate of drug-likeness (QED) is 0.682. The van der Waals surface area contributed by atoms with Crippen LogP contribution in [0.15, 0.2) is 18.3 Å². The van der Waals surface area contributed by atoms with Crippen LogP contribution in [0.2, 0.25) is 0 Å². The van der Waals surface area contributed by atoms with Crippen LogP contribution in [-0.2, 0) is 0 Å². The Bertz CT molecular complexity index is 372. The van der Waals surface area contributed by atoms with Crippen molar-refractivity contribution in [2.24, 2.45) is 0 Å². The molecule has 0 saturated carbocycles. The summed E-state index contributed by atoms with van der Waals surface area (Å²) < 4.78 is 0. The molecule has 2 nitrogen and oxygen atoms in total. The van der Waals surface area contributed by atoms with E-state index in [9.17, 15) is 0 Å². The van der Waals surface area contributed by atoms with Crippen molar-refractivity contribution in [1.29, 1.82) is 0 Å².